The molecule has 4 aromatic rings. The summed E-state index contributed by atoms with van der Waals surface area (Å²) in [7, 11) is 0. The molecule has 1 atom stereocenters. The first-order chi connectivity index (χ1) is 16.5. The highest BCUT2D eigenvalue weighted by Crippen LogP contribution is 2.47. The van der Waals surface area contributed by atoms with Crippen molar-refractivity contribution in [3.8, 4) is 11.5 Å². The molecule has 5 rings (SSSR count). The van der Waals surface area contributed by atoms with Gasteiger partial charge in [0.1, 0.15) is 5.69 Å². The van der Waals surface area contributed by atoms with Gasteiger partial charge in [-0.2, -0.15) is 5.10 Å². The molecule has 3 heterocycles. The standard InChI is InChI=1S/C24H18N4O6/c1-2-33-24(30)14-9-11-15(12-10-14)27-22(16-6-3-4-7-17(16)28(31)32)19-20(18-8-5-13-34-18)25-26-21(19)23(27)29/h3-13,22H,2H2,1H3,(H,25,26)/t22-/m1/s1. The zero-order valence-electron chi connectivity index (χ0n) is 17.9. The predicted molar refractivity (Wildman–Crippen MR) is 120 cm³/mol. The third-order valence-electron chi connectivity index (χ3n) is 5.61. The number of carbonyl (C=O) groups excluding carboxylic acids is 2. The molecular weight excluding hydrogens is 440 g/mol. The number of para-hydroxylation sites is 1. The Labute approximate surface area is 192 Å². The van der Waals surface area contributed by atoms with Gasteiger partial charge in [-0.15, -0.1) is 0 Å². The molecule has 0 radical (unpaired) electrons. The number of hydrogen-bond donors (Lipinski definition) is 1. The Balaban J connectivity index is 1.68. The highest BCUT2D eigenvalue weighted by Gasteiger charge is 2.46. The van der Waals surface area contributed by atoms with Gasteiger partial charge in [0.15, 0.2) is 11.5 Å². The van der Waals surface area contributed by atoms with Crippen molar-refractivity contribution in [1.82, 2.24) is 10.2 Å². The number of esters is 1. The zero-order valence-corrected chi connectivity index (χ0v) is 17.9. The van der Waals surface area contributed by atoms with E-state index in [0.717, 1.165) is 0 Å². The van der Waals surface area contributed by atoms with Gasteiger partial charge in [-0.25, -0.2) is 4.79 Å². The maximum Gasteiger partial charge on any atom is 0.338 e. The molecular formula is C24H18N4O6. The third-order valence-corrected chi connectivity index (χ3v) is 5.61. The van der Waals surface area contributed by atoms with Crippen molar-refractivity contribution in [3.63, 3.8) is 0 Å². The zero-order chi connectivity index (χ0) is 23.8. The van der Waals surface area contributed by atoms with Crippen molar-refractivity contribution in [2.24, 2.45) is 0 Å². The molecule has 2 aromatic heterocycles. The number of nitrogens with one attached hydrogen (secondary N) is 1. The number of aromatic nitrogens is 2. The Morgan fingerprint density at radius 3 is 2.62 bits per heavy atom. The minimum atomic E-state index is -0.851. The number of fused-ring (bicyclic) bond motifs is 1. The second kappa shape index (κ2) is 8.32. The van der Waals surface area contributed by atoms with Crippen LogP contribution < -0.4 is 4.90 Å². The van der Waals surface area contributed by atoms with Crippen LogP contribution >= 0.6 is 0 Å². The van der Waals surface area contributed by atoms with E-state index < -0.39 is 22.8 Å². The van der Waals surface area contributed by atoms with Gasteiger partial charge >= 0.3 is 5.97 Å². The second-order valence-electron chi connectivity index (χ2n) is 7.50. The SMILES string of the molecule is CCOC(=O)c1ccc(N2C(=O)c3n[nH]c(-c4ccco4)c3[C@H]2c2ccccc2[N+](=O)[O-])cc1. The van der Waals surface area contributed by atoms with Crippen LogP contribution in [0.1, 0.15) is 44.9 Å². The molecule has 0 spiro atoms. The average Bonchev–Trinajstić information content (AvgIpc) is 3.57. The van der Waals surface area contributed by atoms with Crippen LogP contribution in [0.3, 0.4) is 0 Å². The summed E-state index contributed by atoms with van der Waals surface area (Å²) in [5, 5.41) is 18.9. The van der Waals surface area contributed by atoms with Crippen LogP contribution in [-0.2, 0) is 4.74 Å². The Hall–Kier alpha value is -4.73. The topological polar surface area (TPSA) is 132 Å². The predicted octanol–water partition coefficient (Wildman–Crippen LogP) is 4.50. The number of carbonyl (C=O) groups is 2. The fourth-order valence-electron chi connectivity index (χ4n) is 4.17. The molecule has 0 saturated carbocycles. The lowest BCUT2D eigenvalue weighted by molar-refractivity contribution is -0.385. The van der Waals surface area contributed by atoms with Crippen molar-refractivity contribution in [1.29, 1.82) is 0 Å². The van der Waals surface area contributed by atoms with E-state index in [1.54, 1.807) is 61.5 Å². The minimum absolute atomic E-state index is 0.132. The van der Waals surface area contributed by atoms with Crippen molar-refractivity contribution in [3.05, 3.63) is 99.4 Å². The molecule has 1 aliphatic heterocycles. The van der Waals surface area contributed by atoms with Crippen LogP contribution in [0.4, 0.5) is 11.4 Å². The largest absolute Gasteiger partial charge is 0.463 e. The van der Waals surface area contributed by atoms with Crippen LogP contribution in [0, 0.1) is 10.1 Å². The van der Waals surface area contributed by atoms with Crippen molar-refractivity contribution >= 4 is 23.3 Å². The molecule has 0 bridgehead atoms. The van der Waals surface area contributed by atoms with Crippen LogP contribution in [0.2, 0.25) is 0 Å². The lowest BCUT2D eigenvalue weighted by atomic mass is 9.96. The molecule has 2 aromatic carbocycles. The van der Waals surface area contributed by atoms with Gasteiger partial charge in [0, 0.05) is 17.3 Å². The first-order valence-electron chi connectivity index (χ1n) is 10.5. The number of amides is 1. The number of nitrogens with zero attached hydrogens (tertiary/aromatic N) is 3. The lowest BCUT2D eigenvalue weighted by Crippen LogP contribution is -2.29. The summed E-state index contributed by atoms with van der Waals surface area (Å²) in [6.45, 7) is 1.95. The Morgan fingerprint density at radius 2 is 1.94 bits per heavy atom. The average molecular weight is 458 g/mol. The molecule has 170 valence electrons. The number of nitro groups is 1. The number of anilines is 1. The van der Waals surface area contributed by atoms with Gasteiger partial charge in [0.25, 0.3) is 11.6 Å². The number of hydrogen-bond acceptors (Lipinski definition) is 7. The number of H-pyrrole nitrogens is 1. The molecule has 0 aliphatic carbocycles. The van der Waals surface area contributed by atoms with Crippen molar-refractivity contribution in [2.45, 2.75) is 13.0 Å². The minimum Gasteiger partial charge on any atom is -0.463 e. The lowest BCUT2D eigenvalue weighted by Gasteiger charge is -2.26. The summed E-state index contributed by atoms with van der Waals surface area (Å²) in [4.78, 5) is 38.4. The van der Waals surface area contributed by atoms with Crippen LogP contribution in [0.25, 0.3) is 11.5 Å². The molecule has 34 heavy (non-hydrogen) atoms. The third kappa shape index (κ3) is 3.32. The Kier molecular flexibility index (Phi) is 5.17. The molecule has 10 heteroatoms. The van der Waals surface area contributed by atoms with E-state index in [9.17, 15) is 19.7 Å². The number of nitro benzene ring substituents is 1. The first-order valence-corrected chi connectivity index (χ1v) is 10.5. The number of furan rings is 1. The fraction of sp³-hybridized carbons (Fsp3) is 0.125. The summed E-state index contributed by atoms with van der Waals surface area (Å²) in [5.41, 5.74) is 2.05. The van der Waals surface area contributed by atoms with Gasteiger partial charge < -0.3 is 9.15 Å². The van der Waals surface area contributed by atoms with Crippen LogP contribution in [0.5, 0.6) is 0 Å². The number of aromatic amines is 1. The molecule has 0 unspecified atom stereocenters. The first kappa shape index (κ1) is 21.1. The fourth-order valence-corrected chi connectivity index (χ4v) is 4.17. The number of benzene rings is 2. The summed E-state index contributed by atoms with van der Waals surface area (Å²) in [5.74, 6) is -0.467. The number of rotatable bonds is 6. The summed E-state index contributed by atoms with van der Waals surface area (Å²) in [6, 6.07) is 15.1. The normalized spacial score (nSPS) is 14.8. The molecule has 0 fully saturated rings. The van der Waals surface area contributed by atoms with Gasteiger partial charge in [-0.05, 0) is 49.4 Å². The van der Waals surface area contributed by atoms with Crippen LogP contribution in [-0.4, -0.2) is 33.6 Å². The summed E-state index contributed by atoms with van der Waals surface area (Å²) >= 11 is 0. The van der Waals surface area contributed by atoms with Gasteiger partial charge in [-0.3, -0.25) is 24.9 Å². The van der Waals surface area contributed by atoms with Gasteiger partial charge in [0.05, 0.1) is 35.0 Å². The van der Waals surface area contributed by atoms with E-state index in [1.165, 1.54) is 17.2 Å². The molecule has 0 saturated heterocycles. The van der Waals surface area contributed by atoms with E-state index in [-0.39, 0.29) is 18.0 Å². The molecule has 1 amide bonds. The van der Waals surface area contributed by atoms with Crippen molar-refractivity contribution in [2.75, 3.05) is 11.5 Å². The smallest absolute Gasteiger partial charge is 0.338 e. The van der Waals surface area contributed by atoms with Gasteiger partial charge in [-0.1, -0.05) is 12.1 Å². The second-order valence-corrected chi connectivity index (χ2v) is 7.50. The van der Waals surface area contributed by atoms with Crippen molar-refractivity contribution < 1.29 is 23.7 Å². The molecule has 1 N–H and O–H groups in total. The molecule has 10 nitrogen and oxygen atoms in total. The highest BCUT2D eigenvalue weighted by molar-refractivity contribution is 6.12. The quantitative estimate of drug-likeness (QED) is 0.255. The van der Waals surface area contributed by atoms with E-state index in [0.29, 0.717) is 33.8 Å². The molecule has 1 aliphatic rings. The maximum absolute atomic E-state index is 13.5. The van der Waals surface area contributed by atoms with Crippen LogP contribution in [0.15, 0.2) is 71.3 Å². The highest BCUT2D eigenvalue weighted by atomic mass is 16.6. The maximum atomic E-state index is 13.5. The summed E-state index contributed by atoms with van der Waals surface area (Å²) in [6.07, 6.45) is 1.49. The Bertz CT molecular complexity index is 1390. The van der Waals surface area contributed by atoms with Gasteiger partial charge in [0.2, 0.25) is 0 Å². The summed E-state index contributed by atoms with van der Waals surface area (Å²) < 4.78 is 10.5. The van der Waals surface area contributed by atoms with E-state index in [4.69, 9.17) is 9.15 Å². The van der Waals surface area contributed by atoms with E-state index in [2.05, 4.69) is 10.2 Å². The van der Waals surface area contributed by atoms with E-state index >= 15 is 0 Å². The monoisotopic (exact) mass is 458 g/mol. The Morgan fingerprint density at radius 1 is 1.18 bits per heavy atom. The van der Waals surface area contributed by atoms with E-state index in [1.807, 2.05) is 0 Å². The number of ether oxygens (including phenoxy) is 1.